The molecule has 4 aromatic carbocycles. The molecule has 6 aromatic rings. The van der Waals surface area contributed by atoms with Gasteiger partial charge < -0.3 is 9.97 Å². The molecule has 2 aromatic heterocycles. The number of nitrogens with one attached hydrogen (secondary N) is 2. The summed E-state index contributed by atoms with van der Waals surface area (Å²) in [6, 6.07) is 50.1. The highest BCUT2D eigenvalue weighted by atomic mass is 15.3. The van der Waals surface area contributed by atoms with Crippen LogP contribution in [0.3, 0.4) is 0 Å². The molecule has 0 aliphatic carbocycles. The molecule has 0 unspecified atom stereocenters. The molecule has 9 rings (SSSR count). The molecule has 0 amide bonds. The van der Waals surface area contributed by atoms with Crippen LogP contribution in [0, 0.1) is 0 Å². The second-order valence-electron chi connectivity index (χ2n) is 11.7. The van der Waals surface area contributed by atoms with E-state index in [2.05, 4.69) is 165 Å². The molecule has 2 N–H and O–H groups in total. The molecule has 0 atom stereocenters. The minimum atomic E-state index is 0.817. The molecule has 48 heavy (non-hydrogen) atoms. The molecule has 8 bridgehead atoms. The molecule has 228 valence electrons. The first kappa shape index (κ1) is 27.6. The number of hydrogen-bond acceptors (Lipinski definition) is 4. The van der Waals surface area contributed by atoms with Crippen molar-refractivity contribution in [3.63, 3.8) is 0 Å². The second kappa shape index (κ2) is 11.6. The van der Waals surface area contributed by atoms with Gasteiger partial charge in [-0.15, -0.1) is 0 Å². The topological polar surface area (TPSA) is 62.8 Å². The lowest BCUT2D eigenvalue weighted by molar-refractivity contribution is 1.21. The van der Waals surface area contributed by atoms with E-state index in [1.54, 1.807) is 0 Å². The van der Waals surface area contributed by atoms with E-state index in [1.807, 2.05) is 24.3 Å². The first-order valence-electron chi connectivity index (χ1n) is 16.0. The summed E-state index contributed by atoms with van der Waals surface area (Å²) in [5, 5.41) is 0. The molecule has 0 fully saturated rings. The molecule has 3 aliphatic rings. The Bertz CT molecular complexity index is 2150. The average Bonchev–Trinajstić information content (AvgIpc) is 3.98. The van der Waals surface area contributed by atoms with Crippen LogP contribution in [0.25, 0.3) is 11.1 Å². The third-order valence-corrected chi connectivity index (χ3v) is 8.74. The van der Waals surface area contributed by atoms with Crippen molar-refractivity contribution in [3.8, 4) is 0 Å². The molecule has 6 heteroatoms. The Kier molecular flexibility index (Phi) is 6.68. The maximum atomic E-state index is 5.30. The van der Waals surface area contributed by atoms with Crippen molar-refractivity contribution in [2.45, 2.75) is 0 Å². The predicted octanol–water partition coefficient (Wildman–Crippen LogP) is 9.79. The SMILES string of the molecule is C1=CC2=C(c3ccccc3)c3ccc([nH]3)N(c3ccccc3)C3=NC(=C(c4ccccc4)c4ccc([nH]4)N(c4ccccc4)C1=N2)C=C3. The molecule has 5 heterocycles. The van der Waals surface area contributed by atoms with Gasteiger partial charge in [0.15, 0.2) is 0 Å². The third-order valence-electron chi connectivity index (χ3n) is 8.74. The van der Waals surface area contributed by atoms with Gasteiger partial charge in [-0.3, -0.25) is 9.80 Å². The summed E-state index contributed by atoms with van der Waals surface area (Å²) in [4.78, 5) is 22.5. The van der Waals surface area contributed by atoms with E-state index < -0.39 is 0 Å². The van der Waals surface area contributed by atoms with Gasteiger partial charge in [-0.25, -0.2) is 9.98 Å². The van der Waals surface area contributed by atoms with Gasteiger partial charge in [-0.1, -0.05) is 97.1 Å². The number of fused-ring (bicyclic) bond motifs is 6. The summed E-state index contributed by atoms with van der Waals surface area (Å²) >= 11 is 0. The summed E-state index contributed by atoms with van der Waals surface area (Å²) in [6.45, 7) is 0. The van der Waals surface area contributed by atoms with Gasteiger partial charge in [-0.05, 0) is 84.0 Å². The summed E-state index contributed by atoms with van der Waals surface area (Å²) in [5.74, 6) is 3.44. The van der Waals surface area contributed by atoms with E-state index in [-0.39, 0.29) is 0 Å². The lowest BCUT2D eigenvalue weighted by Gasteiger charge is -2.23. The van der Waals surface area contributed by atoms with Crippen molar-refractivity contribution in [1.29, 1.82) is 0 Å². The Morgan fingerprint density at radius 3 is 1.15 bits per heavy atom. The van der Waals surface area contributed by atoms with Crippen molar-refractivity contribution in [2.75, 3.05) is 9.80 Å². The van der Waals surface area contributed by atoms with Crippen LogP contribution in [-0.2, 0) is 0 Å². The summed E-state index contributed by atoms with van der Waals surface area (Å²) in [7, 11) is 0. The van der Waals surface area contributed by atoms with Crippen LogP contribution >= 0.6 is 0 Å². The fraction of sp³-hybridized carbons (Fsp3) is 0. The first-order chi connectivity index (χ1) is 23.8. The number of H-pyrrole nitrogens is 2. The Balaban J connectivity index is 1.33. The minimum absolute atomic E-state index is 0.817. The molecule has 3 aliphatic heterocycles. The highest BCUT2D eigenvalue weighted by Gasteiger charge is 2.26. The molecular weight excluding hydrogens is 589 g/mol. The summed E-state index contributed by atoms with van der Waals surface area (Å²) in [5.41, 5.74) is 9.88. The molecule has 6 nitrogen and oxygen atoms in total. The van der Waals surface area contributed by atoms with Crippen LogP contribution in [-0.4, -0.2) is 21.6 Å². The minimum Gasteiger partial charge on any atom is -0.341 e. The van der Waals surface area contributed by atoms with Crippen molar-refractivity contribution >= 4 is 45.8 Å². The van der Waals surface area contributed by atoms with E-state index >= 15 is 0 Å². The van der Waals surface area contributed by atoms with Gasteiger partial charge in [0.2, 0.25) is 0 Å². The number of aromatic nitrogens is 2. The van der Waals surface area contributed by atoms with Crippen LogP contribution in [0.4, 0.5) is 23.0 Å². The van der Waals surface area contributed by atoms with Gasteiger partial charge in [0, 0.05) is 33.9 Å². The molecule has 0 spiro atoms. The first-order valence-corrected chi connectivity index (χ1v) is 16.0. The maximum absolute atomic E-state index is 5.30. The number of amidine groups is 2. The number of hydrogen-bond donors (Lipinski definition) is 2. The Morgan fingerprint density at radius 1 is 0.375 bits per heavy atom. The highest BCUT2D eigenvalue weighted by molar-refractivity contribution is 6.15. The van der Waals surface area contributed by atoms with Gasteiger partial charge in [-0.2, -0.15) is 0 Å². The second-order valence-corrected chi connectivity index (χ2v) is 11.7. The van der Waals surface area contributed by atoms with Gasteiger partial charge in [0.1, 0.15) is 23.3 Å². The molecular formula is C42H30N6. The molecule has 0 radical (unpaired) electrons. The Labute approximate surface area is 278 Å². The van der Waals surface area contributed by atoms with Crippen molar-refractivity contribution in [3.05, 3.63) is 204 Å². The summed E-state index contributed by atoms with van der Waals surface area (Å²) in [6.07, 6.45) is 8.40. The number of rotatable bonds is 4. The number of aliphatic imine (C=N–C) groups is 2. The van der Waals surface area contributed by atoms with Crippen molar-refractivity contribution < 1.29 is 0 Å². The van der Waals surface area contributed by atoms with Crippen LogP contribution < -0.4 is 9.80 Å². The zero-order valence-electron chi connectivity index (χ0n) is 26.0. The van der Waals surface area contributed by atoms with E-state index in [1.165, 1.54) is 0 Å². The smallest absolute Gasteiger partial charge is 0.139 e. The van der Waals surface area contributed by atoms with Crippen LogP contribution in [0.1, 0.15) is 22.5 Å². The van der Waals surface area contributed by atoms with E-state index in [9.17, 15) is 0 Å². The number of benzene rings is 4. The highest BCUT2D eigenvalue weighted by Crippen LogP contribution is 2.38. The average molecular weight is 619 g/mol. The number of aromatic amines is 2. The standard InChI is InChI=1S/C42H30N6/c1-5-13-29(14-6-1)41-33-21-25-37(43-33)47(31-17-9-3-10-18-31)39-27-23-35(45-39)42(30-15-7-2-8-16-30)36-24-28-40(46-36)48(32-19-11-4-12-20-32)38-26-22-34(41)44-38/h1-28,43,46H. The van der Waals surface area contributed by atoms with Gasteiger partial charge in [0.25, 0.3) is 0 Å². The van der Waals surface area contributed by atoms with Gasteiger partial charge in [0.05, 0.1) is 11.4 Å². The van der Waals surface area contributed by atoms with Crippen LogP contribution in [0.15, 0.2) is 191 Å². The maximum Gasteiger partial charge on any atom is 0.139 e. The predicted molar refractivity (Wildman–Crippen MR) is 197 cm³/mol. The lowest BCUT2D eigenvalue weighted by atomic mass is 10.0. The zero-order chi connectivity index (χ0) is 31.9. The zero-order valence-corrected chi connectivity index (χ0v) is 26.0. The molecule has 0 saturated heterocycles. The number of nitrogens with zero attached hydrogens (tertiary/aromatic N) is 4. The molecule has 0 saturated carbocycles. The summed E-state index contributed by atoms with van der Waals surface area (Å²) < 4.78 is 0. The number of para-hydroxylation sites is 2. The Morgan fingerprint density at radius 2 is 0.750 bits per heavy atom. The fourth-order valence-corrected chi connectivity index (χ4v) is 6.59. The largest absolute Gasteiger partial charge is 0.341 e. The Hall–Kier alpha value is -6.66. The lowest BCUT2D eigenvalue weighted by Crippen LogP contribution is -2.23. The van der Waals surface area contributed by atoms with Crippen LogP contribution in [0.2, 0.25) is 0 Å². The third kappa shape index (κ3) is 4.84. The van der Waals surface area contributed by atoms with E-state index in [0.29, 0.717) is 0 Å². The van der Waals surface area contributed by atoms with Crippen molar-refractivity contribution in [2.24, 2.45) is 9.98 Å². The quantitative estimate of drug-likeness (QED) is 0.207. The van der Waals surface area contributed by atoms with E-state index in [0.717, 1.165) is 79.7 Å². The van der Waals surface area contributed by atoms with Crippen molar-refractivity contribution in [1.82, 2.24) is 9.97 Å². The van der Waals surface area contributed by atoms with E-state index in [4.69, 9.17) is 9.98 Å². The monoisotopic (exact) mass is 618 g/mol. The number of allylic oxidation sites excluding steroid dienone is 2. The fourth-order valence-electron chi connectivity index (χ4n) is 6.59. The normalized spacial score (nSPS) is 15.3. The number of anilines is 4. The van der Waals surface area contributed by atoms with Gasteiger partial charge >= 0.3 is 0 Å². The van der Waals surface area contributed by atoms with Crippen LogP contribution in [0.5, 0.6) is 0 Å².